The van der Waals surface area contributed by atoms with Gasteiger partial charge >= 0.3 is 13.3 Å². The van der Waals surface area contributed by atoms with Crippen LogP contribution in [0.5, 0.6) is 5.75 Å². The van der Waals surface area contributed by atoms with E-state index < -0.39 is 49.6 Å². The van der Waals surface area contributed by atoms with Gasteiger partial charge in [0.2, 0.25) is 0 Å². The Morgan fingerprint density at radius 1 is 0.895 bits per heavy atom. The van der Waals surface area contributed by atoms with Crippen molar-refractivity contribution in [3.63, 3.8) is 0 Å². The summed E-state index contributed by atoms with van der Waals surface area (Å²) >= 11 is 0. The maximum atomic E-state index is 15.6. The normalized spacial score (nSPS) is 21.3. The van der Waals surface area contributed by atoms with Crippen LogP contribution in [0.4, 0.5) is 4.39 Å². The molecule has 0 bridgehead atoms. The topological polar surface area (TPSA) is 149 Å². The number of carbonyl (C=O) groups is 1. The highest BCUT2D eigenvalue weighted by molar-refractivity contribution is 7.54. The molecule has 0 aliphatic carbocycles. The van der Waals surface area contributed by atoms with Gasteiger partial charge in [-0.3, -0.25) is 23.7 Å². The molecule has 1 aromatic carbocycles. The minimum atomic E-state index is -3.82. The molecule has 1 aromatic heterocycles. The standard InChI is InChI=1S/C44H61FN3O8P/c1-3-4-5-6-7-8-9-10-11-12-13-14-15-16-17-18-19-20-22-27-37(49)28-25-32-46-33-26-35-57(53,56-38-29-23-21-24-30-38)54-36-39-41(51)44(2,45)42(55-39)48-34-31-40(50)47-43(48)52/h4-5,7-8,10-11,13-14,16-17,19-21,23-24,29-31,34,39,41-42,46,51H,3,6,9,12,15,18,22,25-28,32-33,35-36H2,1-2H3,(H,47,50,52)/b5-4-,8-7-,11-10-,14-13-,17-16-,20-19-/t39-,41-,42-,44-,57?/m1/s1. The number of carbonyl (C=O) groups excluding carboxylic acids is 1. The van der Waals surface area contributed by atoms with Crippen LogP contribution in [0.2, 0.25) is 0 Å². The van der Waals surface area contributed by atoms with Crippen LogP contribution in [0.25, 0.3) is 0 Å². The monoisotopic (exact) mass is 809 g/mol. The van der Waals surface area contributed by atoms with Gasteiger partial charge < -0.3 is 19.7 Å². The Kier molecular flexibility index (Phi) is 22.1. The molecule has 11 nitrogen and oxygen atoms in total. The van der Waals surface area contributed by atoms with Gasteiger partial charge in [-0.15, -0.1) is 0 Å². The SMILES string of the molecule is CC/C=C\C/C=C\C/C=C\C/C=C\C/C=C\C/C=C\CCC(=O)CCCNCCCP(=O)(OC[C@H]1O[C@@H](n2ccc(=O)[nH]c2=O)[C@](C)(F)[C@@H]1O)Oc1ccccc1. The van der Waals surface area contributed by atoms with Crippen LogP contribution in [0, 0.1) is 0 Å². The highest BCUT2D eigenvalue weighted by Gasteiger charge is 2.55. The first kappa shape index (κ1) is 47.2. The third-order valence-corrected chi connectivity index (χ3v) is 10.9. The largest absolute Gasteiger partial charge is 0.424 e. The van der Waals surface area contributed by atoms with E-state index in [-0.39, 0.29) is 11.9 Å². The Hall–Kier alpha value is -4.19. The Morgan fingerprint density at radius 2 is 1.47 bits per heavy atom. The van der Waals surface area contributed by atoms with Gasteiger partial charge in [0.1, 0.15) is 23.7 Å². The second kappa shape index (κ2) is 26.7. The number of Topliss-reactive ketones (excluding diaryl/α,β-unsaturated/α-hetero) is 1. The van der Waals surface area contributed by atoms with Crippen LogP contribution >= 0.6 is 7.60 Å². The molecule has 1 aliphatic heterocycles. The number of benzene rings is 1. The van der Waals surface area contributed by atoms with E-state index in [1.54, 1.807) is 30.3 Å². The van der Waals surface area contributed by atoms with Crippen molar-refractivity contribution in [3.8, 4) is 5.75 Å². The molecule has 1 saturated heterocycles. The summed E-state index contributed by atoms with van der Waals surface area (Å²) in [5.41, 5.74) is -3.99. The molecule has 1 aliphatic rings. The van der Waals surface area contributed by atoms with Crippen molar-refractivity contribution in [2.75, 3.05) is 25.9 Å². The van der Waals surface area contributed by atoms with Gasteiger partial charge in [-0.1, -0.05) is 98.0 Å². The zero-order valence-electron chi connectivity index (χ0n) is 33.4. The smallest absolute Gasteiger partial charge is 0.379 e. The molecule has 3 rings (SSSR count). The van der Waals surface area contributed by atoms with E-state index in [1.807, 2.05) is 4.98 Å². The predicted molar refractivity (Wildman–Crippen MR) is 225 cm³/mol. The molecule has 3 N–H and O–H groups in total. The number of aliphatic hydroxyl groups is 1. The van der Waals surface area contributed by atoms with Crippen molar-refractivity contribution in [1.29, 1.82) is 0 Å². The minimum absolute atomic E-state index is 0.0122. The molecule has 0 saturated carbocycles. The van der Waals surface area contributed by atoms with Gasteiger partial charge in [0, 0.05) is 25.1 Å². The minimum Gasteiger partial charge on any atom is -0.424 e. The van der Waals surface area contributed by atoms with E-state index in [0.29, 0.717) is 50.9 Å². The summed E-state index contributed by atoms with van der Waals surface area (Å²) in [6.07, 6.45) is 30.9. The molecule has 2 heterocycles. The second-order valence-electron chi connectivity index (χ2n) is 13.9. The molecule has 13 heteroatoms. The lowest BCUT2D eigenvalue weighted by Gasteiger charge is -2.24. The lowest BCUT2D eigenvalue weighted by atomic mass is 9.98. The highest BCUT2D eigenvalue weighted by Crippen LogP contribution is 2.50. The zero-order chi connectivity index (χ0) is 41.2. The highest BCUT2D eigenvalue weighted by atomic mass is 31.2. The summed E-state index contributed by atoms with van der Waals surface area (Å²) in [4.78, 5) is 38.2. The van der Waals surface area contributed by atoms with Crippen molar-refractivity contribution >= 4 is 13.4 Å². The fourth-order valence-corrected chi connectivity index (χ4v) is 7.51. The number of hydrogen-bond donors (Lipinski definition) is 3. The Labute approximate surface area is 336 Å². The van der Waals surface area contributed by atoms with Crippen molar-refractivity contribution in [2.45, 2.75) is 109 Å². The lowest BCUT2D eigenvalue weighted by molar-refractivity contribution is -0.119. The van der Waals surface area contributed by atoms with Crippen LogP contribution in [0.15, 0.2) is 125 Å². The fourth-order valence-electron chi connectivity index (χ4n) is 5.87. The number of alkyl halides is 1. The molecule has 2 aromatic rings. The van der Waals surface area contributed by atoms with Crippen molar-refractivity contribution < 1.29 is 32.6 Å². The number of aliphatic hydroxyl groups excluding tert-OH is 1. The number of hydrogen-bond acceptors (Lipinski definition) is 9. The Bertz CT molecular complexity index is 1810. The van der Waals surface area contributed by atoms with Gasteiger partial charge in [0.15, 0.2) is 11.9 Å². The summed E-state index contributed by atoms with van der Waals surface area (Å²) < 4.78 is 47.6. The van der Waals surface area contributed by atoms with E-state index >= 15 is 4.39 Å². The molecule has 57 heavy (non-hydrogen) atoms. The molecule has 5 atom stereocenters. The maximum Gasteiger partial charge on any atom is 0.379 e. The first-order valence-electron chi connectivity index (χ1n) is 20.0. The van der Waals surface area contributed by atoms with Gasteiger partial charge in [-0.25, -0.2) is 13.8 Å². The molecule has 312 valence electrons. The number of nitrogens with one attached hydrogen (secondary N) is 2. The molecule has 0 spiro atoms. The van der Waals surface area contributed by atoms with E-state index in [9.17, 15) is 24.1 Å². The summed E-state index contributed by atoms with van der Waals surface area (Å²) in [6, 6.07) is 9.52. The summed E-state index contributed by atoms with van der Waals surface area (Å²) in [5.74, 6) is 0.524. The Balaban J connectivity index is 1.29. The number of allylic oxidation sites excluding steroid dienone is 12. The van der Waals surface area contributed by atoms with Crippen molar-refractivity contribution in [1.82, 2.24) is 14.9 Å². The summed E-state index contributed by atoms with van der Waals surface area (Å²) in [5, 5.41) is 14.0. The zero-order valence-corrected chi connectivity index (χ0v) is 34.3. The number of aromatic nitrogens is 2. The van der Waals surface area contributed by atoms with Gasteiger partial charge in [-0.05, 0) is 89.9 Å². The van der Waals surface area contributed by atoms with Gasteiger partial charge in [0.05, 0.1) is 12.8 Å². The third kappa shape index (κ3) is 18.3. The average Bonchev–Trinajstić information content (AvgIpc) is 3.41. The predicted octanol–water partition coefficient (Wildman–Crippen LogP) is 8.62. The number of rotatable bonds is 28. The van der Waals surface area contributed by atoms with Crippen molar-refractivity contribution in [2.24, 2.45) is 0 Å². The summed E-state index contributed by atoms with van der Waals surface area (Å²) in [6.45, 7) is 3.83. The first-order valence-corrected chi connectivity index (χ1v) is 21.7. The molecule has 1 fully saturated rings. The third-order valence-electron chi connectivity index (χ3n) is 9.03. The summed E-state index contributed by atoms with van der Waals surface area (Å²) in [7, 11) is -3.82. The van der Waals surface area contributed by atoms with E-state index in [0.717, 1.165) is 62.3 Å². The first-order chi connectivity index (χ1) is 27.6. The lowest BCUT2D eigenvalue weighted by Crippen LogP contribution is -2.43. The number of halogens is 1. The van der Waals surface area contributed by atoms with Crippen molar-refractivity contribution in [3.05, 3.63) is 136 Å². The van der Waals surface area contributed by atoms with Crippen LogP contribution < -0.4 is 21.1 Å². The van der Waals surface area contributed by atoms with Crippen LogP contribution in [-0.4, -0.2) is 64.2 Å². The van der Waals surface area contributed by atoms with Gasteiger partial charge in [0.25, 0.3) is 5.56 Å². The molecule has 1 unspecified atom stereocenters. The number of ether oxygens (including phenoxy) is 1. The molecule has 0 radical (unpaired) electrons. The van der Waals surface area contributed by atoms with Gasteiger partial charge in [-0.2, -0.15) is 0 Å². The van der Waals surface area contributed by atoms with E-state index in [4.69, 9.17) is 13.8 Å². The molecular formula is C44H61FN3O8P. The number of aromatic amines is 1. The number of para-hydroxylation sites is 1. The fraction of sp³-hybridized carbons (Fsp3) is 0.477. The maximum absolute atomic E-state index is 15.6. The number of H-pyrrole nitrogens is 1. The average molecular weight is 810 g/mol. The quantitative estimate of drug-likeness (QED) is 0.0437. The number of ketones is 1. The molecule has 0 amide bonds. The molecular weight excluding hydrogens is 748 g/mol. The van der Waals surface area contributed by atoms with Crippen LogP contribution in [0.1, 0.15) is 90.7 Å². The van der Waals surface area contributed by atoms with Crippen LogP contribution in [-0.2, 0) is 18.6 Å². The van der Waals surface area contributed by atoms with E-state index in [1.165, 1.54) is 0 Å². The van der Waals surface area contributed by atoms with Crippen LogP contribution in [0.3, 0.4) is 0 Å². The van der Waals surface area contributed by atoms with E-state index in [2.05, 4.69) is 85.2 Å². The second-order valence-corrected chi connectivity index (χ2v) is 16.0. The number of nitrogens with zero attached hydrogens (tertiary/aromatic N) is 1. The Morgan fingerprint density at radius 3 is 2.07 bits per heavy atom.